The standard InChI is InChI=1S/C12H13N5O/c13-12(18)11-7(9-3-1-2-4-14-9)5-8(11)10-6-15-17-16-10/h1-4,6-8,11H,5H2,(H2,13,18)(H,15,16,17). The predicted octanol–water partition coefficient (Wildman–Crippen LogP) is 0.572. The van der Waals surface area contributed by atoms with Crippen LogP contribution in [-0.4, -0.2) is 26.3 Å². The van der Waals surface area contributed by atoms with E-state index in [9.17, 15) is 4.79 Å². The zero-order valence-electron chi connectivity index (χ0n) is 9.65. The van der Waals surface area contributed by atoms with E-state index in [1.165, 1.54) is 0 Å². The van der Waals surface area contributed by atoms with E-state index in [0.717, 1.165) is 17.8 Å². The first-order chi connectivity index (χ1) is 8.77. The molecule has 0 bridgehead atoms. The molecule has 0 aliphatic heterocycles. The van der Waals surface area contributed by atoms with Crippen molar-refractivity contribution in [1.29, 1.82) is 0 Å². The number of hydrogen-bond acceptors (Lipinski definition) is 4. The van der Waals surface area contributed by atoms with Crippen molar-refractivity contribution in [2.45, 2.75) is 18.3 Å². The molecular formula is C12H13N5O. The highest BCUT2D eigenvalue weighted by atomic mass is 16.1. The van der Waals surface area contributed by atoms with Crippen molar-refractivity contribution < 1.29 is 4.79 Å². The maximum Gasteiger partial charge on any atom is 0.221 e. The fraction of sp³-hybridized carbons (Fsp3) is 0.333. The average molecular weight is 243 g/mol. The van der Waals surface area contributed by atoms with Gasteiger partial charge >= 0.3 is 0 Å². The van der Waals surface area contributed by atoms with Gasteiger partial charge in [-0.05, 0) is 18.6 Å². The number of carbonyl (C=O) groups is 1. The van der Waals surface area contributed by atoms with E-state index >= 15 is 0 Å². The third-order valence-electron chi connectivity index (χ3n) is 3.58. The Morgan fingerprint density at radius 2 is 2.17 bits per heavy atom. The van der Waals surface area contributed by atoms with Crippen molar-refractivity contribution in [3.8, 4) is 0 Å². The summed E-state index contributed by atoms with van der Waals surface area (Å²) < 4.78 is 0. The van der Waals surface area contributed by atoms with Crippen molar-refractivity contribution in [3.05, 3.63) is 42.0 Å². The lowest BCUT2D eigenvalue weighted by Gasteiger charge is -2.41. The molecule has 6 heteroatoms. The summed E-state index contributed by atoms with van der Waals surface area (Å²) in [7, 11) is 0. The topological polar surface area (TPSA) is 97.5 Å². The van der Waals surface area contributed by atoms with E-state index in [1.54, 1.807) is 12.4 Å². The smallest absolute Gasteiger partial charge is 0.221 e. The Kier molecular flexibility index (Phi) is 2.55. The normalized spacial score (nSPS) is 26.6. The molecule has 2 aromatic heterocycles. The minimum atomic E-state index is -0.301. The lowest BCUT2D eigenvalue weighted by Crippen LogP contribution is -2.43. The highest BCUT2D eigenvalue weighted by molar-refractivity contribution is 5.80. The van der Waals surface area contributed by atoms with Crippen LogP contribution in [0.4, 0.5) is 0 Å². The SMILES string of the molecule is NC(=O)C1C(c2ccccn2)CC1c1cn[nH]n1. The van der Waals surface area contributed by atoms with Gasteiger partial charge in [0.05, 0.1) is 17.8 Å². The Labute approximate surface area is 104 Å². The van der Waals surface area contributed by atoms with Crippen LogP contribution in [0.5, 0.6) is 0 Å². The molecule has 0 spiro atoms. The van der Waals surface area contributed by atoms with Gasteiger partial charge in [0, 0.05) is 23.7 Å². The van der Waals surface area contributed by atoms with E-state index in [1.807, 2.05) is 18.2 Å². The molecule has 3 unspecified atom stereocenters. The molecule has 3 rings (SSSR count). The summed E-state index contributed by atoms with van der Waals surface area (Å²) in [5.74, 6) is -0.409. The third kappa shape index (κ3) is 1.66. The van der Waals surface area contributed by atoms with E-state index < -0.39 is 0 Å². The first kappa shape index (κ1) is 10.9. The molecule has 92 valence electrons. The van der Waals surface area contributed by atoms with Gasteiger partial charge in [-0.15, -0.1) is 0 Å². The zero-order chi connectivity index (χ0) is 12.5. The molecule has 1 aliphatic rings. The Morgan fingerprint density at radius 3 is 2.78 bits per heavy atom. The molecule has 1 aliphatic carbocycles. The summed E-state index contributed by atoms with van der Waals surface area (Å²) in [6.07, 6.45) is 4.21. The lowest BCUT2D eigenvalue weighted by molar-refractivity contribution is -0.126. The minimum absolute atomic E-state index is 0.0493. The maximum atomic E-state index is 11.6. The second kappa shape index (κ2) is 4.21. The van der Waals surface area contributed by atoms with E-state index in [4.69, 9.17) is 5.73 Å². The lowest BCUT2D eigenvalue weighted by atomic mass is 9.62. The van der Waals surface area contributed by atoms with Gasteiger partial charge in [0.2, 0.25) is 5.91 Å². The van der Waals surface area contributed by atoms with Crippen LogP contribution in [0.2, 0.25) is 0 Å². The molecule has 0 saturated heterocycles. The van der Waals surface area contributed by atoms with Gasteiger partial charge in [-0.2, -0.15) is 15.4 Å². The number of aromatic nitrogens is 4. The molecular weight excluding hydrogens is 230 g/mol. The number of nitrogens with two attached hydrogens (primary N) is 1. The summed E-state index contributed by atoms with van der Waals surface area (Å²) in [5.41, 5.74) is 7.21. The van der Waals surface area contributed by atoms with E-state index in [-0.39, 0.29) is 23.7 Å². The summed E-state index contributed by atoms with van der Waals surface area (Å²) in [5, 5.41) is 10.4. The number of amides is 1. The van der Waals surface area contributed by atoms with Crippen LogP contribution < -0.4 is 5.73 Å². The van der Waals surface area contributed by atoms with Gasteiger partial charge in [0.1, 0.15) is 0 Å². The Bertz CT molecular complexity index is 539. The van der Waals surface area contributed by atoms with Gasteiger partial charge < -0.3 is 5.73 Å². The number of aromatic amines is 1. The zero-order valence-corrected chi connectivity index (χ0v) is 9.65. The second-order valence-electron chi connectivity index (χ2n) is 4.53. The molecule has 6 nitrogen and oxygen atoms in total. The summed E-state index contributed by atoms with van der Waals surface area (Å²) in [6.45, 7) is 0. The molecule has 18 heavy (non-hydrogen) atoms. The number of hydrogen-bond donors (Lipinski definition) is 2. The van der Waals surface area contributed by atoms with Crippen LogP contribution in [0, 0.1) is 5.92 Å². The van der Waals surface area contributed by atoms with Crippen LogP contribution in [0.1, 0.15) is 29.6 Å². The van der Waals surface area contributed by atoms with Gasteiger partial charge in [-0.3, -0.25) is 9.78 Å². The van der Waals surface area contributed by atoms with Gasteiger partial charge in [-0.25, -0.2) is 0 Å². The molecule has 3 N–H and O–H groups in total. The number of rotatable bonds is 3. The number of H-pyrrole nitrogens is 1. The number of carbonyl (C=O) groups excluding carboxylic acids is 1. The minimum Gasteiger partial charge on any atom is -0.369 e. The van der Waals surface area contributed by atoms with Gasteiger partial charge in [0.25, 0.3) is 0 Å². The molecule has 3 atom stereocenters. The number of nitrogens with zero attached hydrogens (tertiary/aromatic N) is 3. The fourth-order valence-electron chi connectivity index (χ4n) is 2.64. The molecule has 2 aromatic rings. The van der Waals surface area contributed by atoms with Crippen molar-refractivity contribution in [2.24, 2.45) is 11.7 Å². The average Bonchev–Trinajstić information content (AvgIpc) is 2.82. The van der Waals surface area contributed by atoms with Crippen molar-refractivity contribution in [2.75, 3.05) is 0 Å². The number of primary amides is 1. The predicted molar refractivity (Wildman–Crippen MR) is 63.4 cm³/mol. The second-order valence-corrected chi connectivity index (χ2v) is 4.53. The van der Waals surface area contributed by atoms with E-state index in [2.05, 4.69) is 20.4 Å². The third-order valence-corrected chi connectivity index (χ3v) is 3.58. The largest absolute Gasteiger partial charge is 0.369 e. The van der Waals surface area contributed by atoms with Crippen LogP contribution in [0.3, 0.4) is 0 Å². The Hall–Kier alpha value is -2.24. The maximum absolute atomic E-state index is 11.6. The quantitative estimate of drug-likeness (QED) is 0.823. The molecule has 1 fully saturated rings. The van der Waals surface area contributed by atoms with Crippen molar-refractivity contribution >= 4 is 5.91 Å². The van der Waals surface area contributed by atoms with Crippen molar-refractivity contribution in [3.63, 3.8) is 0 Å². The molecule has 0 radical (unpaired) electrons. The Morgan fingerprint density at radius 1 is 1.33 bits per heavy atom. The Balaban J connectivity index is 1.86. The molecule has 1 amide bonds. The molecule has 2 heterocycles. The van der Waals surface area contributed by atoms with Crippen LogP contribution >= 0.6 is 0 Å². The summed E-state index contributed by atoms with van der Waals surface area (Å²) in [4.78, 5) is 15.9. The number of nitrogens with one attached hydrogen (secondary N) is 1. The molecule has 0 aromatic carbocycles. The van der Waals surface area contributed by atoms with Crippen molar-refractivity contribution in [1.82, 2.24) is 20.4 Å². The van der Waals surface area contributed by atoms with Crippen LogP contribution in [-0.2, 0) is 4.79 Å². The van der Waals surface area contributed by atoms with Crippen LogP contribution in [0.15, 0.2) is 30.6 Å². The fourth-order valence-corrected chi connectivity index (χ4v) is 2.64. The first-order valence-electron chi connectivity index (χ1n) is 5.83. The van der Waals surface area contributed by atoms with Gasteiger partial charge in [-0.1, -0.05) is 6.07 Å². The highest BCUT2D eigenvalue weighted by Gasteiger charge is 2.47. The first-order valence-corrected chi connectivity index (χ1v) is 5.83. The summed E-state index contributed by atoms with van der Waals surface area (Å²) >= 11 is 0. The monoisotopic (exact) mass is 243 g/mol. The highest BCUT2D eigenvalue weighted by Crippen LogP contribution is 2.51. The van der Waals surface area contributed by atoms with Crippen LogP contribution in [0.25, 0.3) is 0 Å². The summed E-state index contributed by atoms with van der Waals surface area (Å²) in [6, 6.07) is 5.71. The van der Waals surface area contributed by atoms with E-state index in [0.29, 0.717) is 0 Å². The number of pyridine rings is 1. The molecule has 1 saturated carbocycles. The van der Waals surface area contributed by atoms with Gasteiger partial charge in [0.15, 0.2) is 0 Å².